The molecule has 1 fully saturated rings. The molecule has 0 aliphatic heterocycles. The van der Waals surface area contributed by atoms with E-state index in [1.54, 1.807) is 7.11 Å². The summed E-state index contributed by atoms with van der Waals surface area (Å²) in [5.41, 5.74) is 0. The average Bonchev–Trinajstić information content (AvgIpc) is 2.97. The van der Waals surface area contributed by atoms with E-state index in [0.717, 1.165) is 25.6 Å². The summed E-state index contributed by atoms with van der Waals surface area (Å²) in [6.45, 7) is 7.98. The largest absolute Gasteiger partial charge is 0.382 e. The molecule has 3 heteroatoms. The molecule has 1 unspecified atom stereocenters. The topological polar surface area (TPSA) is 30.5 Å². The fraction of sp³-hybridized carbons (Fsp3) is 1.00. The van der Waals surface area contributed by atoms with Crippen LogP contribution in [0.1, 0.15) is 26.7 Å². The van der Waals surface area contributed by atoms with Crippen molar-refractivity contribution in [3.63, 3.8) is 0 Å². The zero-order valence-electron chi connectivity index (χ0n) is 10.3. The molecular weight excluding hydrogens is 190 g/mol. The third-order valence-corrected chi connectivity index (χ3v) is 2.54. The highest BCUT2D eigenvalue weighted by atomic mass is 16.5. The molecule has 15 heavy (non-hydrogen) atoms. The Hall–Kier alpha value is -0.120. The zero-order chi connectivity index (χ0) is 11.1. The van der Waals surface area contributed by atoms with E-state index in [1.807, 2.05) is 0 Å². The Bertz CT molecular complexity index is 158. The second-order valence-electron chi connectivity index (χ2n) is 4.91. The van der Waals surface area contributed by atoms with Gasteiger partial charge in [-0.2, -0.15) is 0 Å². The SMILES string of the molecule is COCC(CNCC(C)C)OCC1CC1. The Morgan fingerprint density at radius 1 is 1.27 bits per heavy atom. The minimum atomic E-state index is 0.217. The molecule has 1 aliphatic carbocycles. The molecular formula is C12H25NO2. The van der Waals surface area contributed by atoms with Gasteiger partial charge >= 0.3 is 0 Å². The standard InChI is InChI=1S/C12H25NO2/c1-10(2)6-13-7-12(9-14-3)15-8-11-4-5-11/h10-13H,4-9H2,1-3H3. The van der Waals surface area contributed by atoms with Crippen LogP contribution in [-0.4, -0.2) is 39.5 Å². The molecule has 0 spiro atoms. The maximum atomic E-state index is 5.80. The zero-order valence-corrected chi connectivity index (χ0v) is 10.3. The van der Waals surface area contributed by atoms with E-state index in [1.165, 1.54) is 12.8 Å². The van der Waals surface area contributed by atoms with Crippen LogP contribution in [0, 0.1) is 11.8 Å². The smallest absolute Gasteiger partial charge is 0.0932 e. The minimum absolute atomic E-state index is 0.217. The lowest BCUT2D eigenvalue weighted by Gasteiger charge is -2.18. The molecule has 0 aromatic rings. The van der Waals surface area contributed by atoms with Gasteiger partial charge in [-0.15, -0.1) is 0 Å². The number of hydrogen-bond donors (Lipinski definition) is 1. The quantitative estimate of drug-likeness (QED) is 0.634. The molecule has 1 rings (SSSR count). The van der Waals surface area contributed by atoms with Gasteiger partial charge in [-0.1, -0.05) is 13.8 Å². The molecule has 1 atom stereocenters. The second kappa shape index (κ2) is 7.20. The Morgan fingerprint density at radius 2 is 2.00 bits per heavy atom. The van der Waals surface area contributed by atoms with Crippen LogP contribution in [0.5, 0.6) is 0 Å². The number of rotatable bonds is 9. The molecule has 0 aromatic heterocycles. The Morgan fingerprint density at radius 3 is 2.53 bits per heavy atom. The maximum absolute atomic E-state index is 5.80. The molecule has 90 valence electrons. The predicted molar refractivity (Wildman–Crippen MR) is 62.0 cm³/mol. The first-order valence-electron chi connectivity index (χ1n) is 6.03. The molecule has 1 N–H and O–H groups in total. The normalized spacial score (nSPS) is 18.4. The van der Waals surface area contributed by atoms with Gasteiger partial charge in [0.25, 0.3) is 0 Å². The monoisotopic (exact) mass is 215 g/mol. The van der Waals surface area contributed by atoms with E-state index in [-0.39, 0.29) is 6.10 Å². The first kappa shape index (κ1) is 12.9. The molecule has 3 nitrogen and oxygen atoms in total. The molecule has 0 bridgehead atoms. The van der Waals surface area contributed by atoms with Gasteiger partial charge in [-0.3, -0.25) is 0 Å². The van der Waals surface area contributed by atoms with Crippen molar-refractivity contribution in [1.29, 1.82) is 0 Å². The summed E-state index contributed by atoms with van der Waals surface area (Å²) in [7, 11) is 1.73. The summed E-state index contributed by atoms with van der Waals surface area (Å²) in [6.07, 6.45) is 2.91. The molecule has 0 aromatic carbocycles. The first-order chi connectivity index (χ1) is 7.22. The van der Waals surface area contributed by atoms with E-state index >= 15 is 0 Å². The van der Waals surface area contributed by atoms with Crippen LogP contribution in [-0.2, 0) is 9.47 Å². The van der Waals surface area contributed by atoms with Crippen LogP contribution >= 0.6 is 0 Å². The number of methoxy groups -OCH3 is 1. The van der Waals surface area contributed by atoms with Crippen LogP contribution in [0.15, 0.2) is 0 Å². The van der Waals surface area contributed by atoms with Gasteiger partial charge in [0, 0.05) is 20.3 Å². The summed E-state index contributed by atoms with van der Waals surface area (Å²) in [5.74, 6) is 1.52. The third kappa shape index (κ3) is 6.88. The Balaban J connectivity index is 2.05. The number of ether oxygens (including phenoxy) is 2. The fourth-order valence-corrected chi connectivity index (χ4v) is 1.44. The molecule has 1 saturated carbocycles. The molecule has 0 amide bonds. The summed E-state index contributed by atoms with van der Waals surface area (Å²) >= 11 is 0. The lowest BCUT2D eigenvalue weighted by Crippen LogP contribution is -2.34. The van der Waals surface area contributed by atoms with Gasteiger partial charge < -0.3 is 14.8 Å². The summed E-state index contributed by atoms with van der Waals surface area (Å²) in [5, 5.41) is 3.41. The maximum Gasteiger partial charge on any atom is 0.0932 e. The highest BCUT2D eigenvalue weighted by molar-refractivity contribution is 4.73. The number of nitrogens with one attached hydrogen (secondary N) is 1. The molecule has 0 radical (unpaired) electrons. The van der Waals surface area contributed by atoms with Crippen molar-refractivity contribution < 1.29 is 9.47 Å². The highest BCUT2D eigenvalue weighted by Gasteiger charge is 2.23. The third-order valence-electron chi connectivity index (χ3n) is 2.54. The van der Waals surface area contributed by atoms with Gasteiger partial charge in [0.1, 0.15) is 0 Å². The van der Waals surface area contributed by atoms with E-state index in [9.17, 15) is 0 Å². The predicted octanol–water partition coefficient (Wildman–Crippen LogP) is 1.67. The molecule has 1 aliphatic rings. The van der Waals surface area contributed by atoms with Gasteiger partial charge in [0.15, 0.2) is 0 Å². The Labute approximate surface area is 93.5 Å². The van der Waals surface area contributed by atoms with Crippen LogP contribution in [0.3, 0.4) is 0 Å². The van der Waals surface area contributed by atoms with Crippen LogP contribution in [0.25, 0.3) is 0 Å². The van der Waals surface area contributed by atoms with E-state index in [0.29, 0.717) is 12.5 Å². The summed E-state index contributed by atoms with van der Waals surface area (Å²) in [6, 6.07) is 0. The van der Waals surface area contributed by atoms with Crippen LogP contribution < -0.4 is 5.32 Å². The minimum Gasteiger partial charge on any atom is -0.382 e. The lowest BCUT2D eigenvalue weighted by atomic mass is 10.2. The van der Waals surface area contributed by atoms with Gasteiger partial charge in [-0.05, 0) is 31.2 Å². The van der Waals surface area contributed by atoms with E-state index in [2.05, 4.69) is 19.2 Å². The van der Waals surface area contributed by atoms with Crippen molar-refractivity contribution in [2.24, 2.45) is 11.8 Å². The van der Waals surface area contributed by atoms with Crippen molar-refractivity contribution >= 4 is 0 Å². The summed E-state index contributed by atoms with van der Waals surface area (Å²) < 4.78 is 10.9. The van der Waals surface area contributed by atoms with Crippen molar-refractivity contribution in [2.75, 3.05) is 33.4 Å². The Kier molecular flexibility index (Phi) is 6.22. The van der Waals surface area contributed by atoms with Gasteiger partial charge in [0.2, 0.25) is 0 Å². The van der Waals surface area contributed by atoms with Crippen molar-refractivity contribution in [3.8, 4) is 0 Å². The van der Waals surface area contributed by atoms with Crippen LogP contribution in [0.2, 0.25) is 0 Å². The highest BCUT2D eigenvalue weighted by Crippen LogP contribution is 2.29. The molecule has 0 heterocycles. The molecule has 0 saturated heterocycles. The number of hydrogen-bond acceptors (Lipinski definition) is 3. The van der Waals surface area contributed by atoms with Gasteiger partial charge in [-0.25, -0.2) is 0 Å². The first-order valence-corrected chi connectivity index (χ1v) is 6.03. The van der Waals surface area contributed by atoms with Crippen LogP contribution in [0.4, 0.5) is 0 Å². The van der Waals surface area contributed by atoms with Crippen molar-refractivity contribution in [1.82, 2.24) is 5.32 Å². The fourth-order valence-electron chi connectivity index (χ4n) is 1.44. The average molecular weight is 215 g/mol. The lowest BCUT2D eigenvalue weighted by molar-refractivity contribution is -0.00570. The van der Waals surface area contributed by atoms with E-state index in [4.69, 9.17) is 9.47 Å². The van der Waals surface area contributed by atoms with E-state index < -0.39 is 0 Å². The van der Waals surface area contributed by atoms with Gasteiger partial charge in [0.05, 0.1) is 12.7 Å². The summed E-state index contributed by atoms with van der Waals surface area (Å²) in [4.78, 5) is 0. The van der Waals surface area contributed by atoms with Crippen molar-refractivity contribution in [3.05, 3.63) is 0 Å². The van der Waals surface area contributed by atoms with Crippen molar-refractivity contribution in [2.45, 2.75) is 32.8 Å². The second-order valence-corrected chi connectivity index (χ2v) is 4.91.